The Labute approximate surface area is 405 Å². The van der Waals surface area contributed by atoms with Gasteiger partial charge in [0.2, 0.25) is 23.8 Å². The van der Waals surface area contributed by atoms with Crippen molar-refractivity contribution in [2.24, 2.45) is 5.10 Å². The SMILES string of the molecule is N=C(NN=c1cc(C(=O)NNC(=N)NC(=N)c2ccc([N+](=O)[O-])cc2)n(NC(=N)NC(=N)c2ccc([N+](=O)[O-])cc2)c(C(=O)NNC(=N)NC(=N)c2ccc([N+](=O)[O-])cc2)c1)NC(=N)c1ccc([N+](=O)[O-])cc1. The molecule has 4 aromatic carbocycles. The second-order valence-corrected chi connectivity index (χ2v) is 14.0. The number of guanidine groups is 4. The predicted octanol–water partition coefficient (Wildman–Crippen LogP) is 0.738. The summed E-state index contributed by atoms with van der Waals surface area (Å²) < 4.78 is 0.644. The van der Waals surface area contributed by atoms with E-state index in [0.29, 0.717) is 4.68 Å². The maximum Gasteiger partial charge on any atom is 0.288 e. The summed E-state index contributed by atoms with van der Waals surface area (Å²) in [5.41, 5.74) is 11.2. The molecule has 0 aliphatic carbocycles. The molecule has 34 heteroatoms. The van der Waals surface area contributed by atoms with Crippen LogP contribution >= 0.6 is 0 Å². The number of nitrogens with zero attached hydrogens (tertiary/aromatic N) is 6. The minimum absolute atomic E-state index is 0.0417. The molecule has 0 spiro atoms. The molecule has 0 radical (unpaired) electrons. The van der Waals surface area contributed by atoms with Crippen LogP contribution in [0.5, 0.6) is 0 Å². The van der Waals surface area contributed by atoms with Crippen LogP contribution in [0.25, 0.3) is 0 Å². The number of hydrazine groups is 2. The molecule has 18 N–H and O–H groups in total. The van der Waals surface area contributed by atoms with Gasteiger partial charge in [-0.1, -0.05) is 0 Å². The van der Waals surface area contributed by atoms with Gasteiger partial charge in [0, 0.05) is 70.8 Å². The molecule has 0 saturated carbocycles. The quantitative estimate of drug-likeness (QED) is 0.0355. The molecule has 0 aliphatic rings. The Kier molecular flexibility index (Phi) is 16.6. The molecule has 0 aliphatic heterocycles. The van der Waals surface area contributed by atoms with E-state index in [1.165, 1.54) is 48.5 Å². The normalized spacial score (nSPS) is 10.1. The van der Waals surface area contributed by atoms with Crippen molar-refractivity contribution >= 4 is 81.7 Å². The molecule has 0 unspecified atom stereocenters. The smallest absolute Gasteiger partial charge is 0.288 e. The minimum Gasteiger partial charge on any atom is -0.310 e. The Morgan fingerprint density at radius 3 is 0.973 bits per heavy atom. The molecule has 5 rings (SSSR count). The van der Waals surface area contributed by atoms with E-state index in [2.05, 4.69) is 58.9 Å². The van der Waals surface area contributed by atoms with Gasteiger partial charge in [-0.25, -0.2) is 10.1 Å². The van der Waals surface area contributed by atoms with E-state index in [9.17, 15) is 50.0 Å². The summed E-state index contributed by atoms with van der Waals surface area (Å²) in [4.78, 5) is 69.8. The molecule has 2 amide bonds. The van der Waals surface area contributed by atoms with E-state index in [-0.39, 0.29) is 50.4 Å². The number of hydrogen-bond acceptors (Lipinski definition) is 19. The summed E-state index contributed by atoms with van der Waals surface area (Å²) in [6.45, 7) is 0. The van der Waals surface area contributed by atoms with E-state index < -0.39 is 90.1 Å². The number of pyridine rings is 1. The number of non-ortho nitro benzene ring substituents is 4. The summed E-state index contributed by atoms with van der Waals surface area (Å²) in [5, 5.41) is 124. The second-order valence-electron chi connectivity index (χ2n) is 14.0. The van der Waals surface area contributed by atoms with Crippen molar-refractivity contribution in [3.63, 3.8) is 0 Å². The van der Waals surface area contributed by atoms with Crippen molar-refractivity contribution in [1.29, 1.82) is 43.3 Å². The predicted molar refractivity (Wildman–Crippen MR) is 257 cm³/mol. The van der Waals surface area contributed by atoms with Crippen LogP contribution in [0, 0.1) is 83.7 Å². The van der Waals surface area contributed by atoms with Crippen LogP contribution in [0.1, 0.15) is 43.2 Å². The summed E-state index contributed by atoms with van der Waals surface area (Å²) >= 11 is 0. The van der Waals surface area contributed by atoms with Crippen molar-refractivity contribution in [3.8, 4) is 0 Å². The van der Waals surface area contributed by atoms with Crippen LogP contribution in [-0.4, -0.2) is 83.4 Å². The standard InChI is InChI=1S/C39H36N24O10/c40-30(19-1-9-24(10-2-19)60(66)67)48-36(44)55-52-23-17-28(34(64)53-56-37(45)49-31(41)20-3-11-25(12-4-20)61(68)69)59(58-39(47)51-33(43)22-7-15-27(16-8-22)63(72)73)29(18-23)35(65)54-57-38(46)50-32(42)21-5-13-26(14-6-21)62(70)71/h1-18H,(H,53,64)(H,54,65)(H4,40,44,48,55)(H4,41,45,49,56)(H4,42,46,50,57)(H4,43,47,51,58). The van der Waals surface area contributed by atoms with Crippen molar-refractivity contribution in [2.75, 3.05) is 5.43 Å². The summed E-state index contributed by atoms with van der Waals surface area (Å²) in [6, 6.07) is 20.5. The van der Waals surface area contributed by atoms with Crippen molar-refractivity contribution in [1.82, 2.24) is 53.1 Å². The highest BCUT2D eigenvalue weighted by atomic mass is 16.6. The van der Waals surface area contributed by atoms with Crippen LogP contribution in [0.3, 0.4) is 0 Å². The lowest BCUT2D eigenvalue weighted by atomic mass is 10.2. The zero-order chi connectivity index (χ0) is 53.5. The molecule has 372 valence electrons. The number of aromatic nitrogens is 1. The Morgan fingerprint density at radius 1 is 0.411 bits per heavy atom. The van der Waals surface area contributed by atoms with Crippen molar-refractivity contribution in [3.05, 3.63) is 189 Å². The van der Waals surface area contributed by atoms with Gasteiger partial charge in [0.1, 0.15) is 34.7 Å². The van der Waals surface area contributed by atoms with Crippen LogP contribution in [0.2, 0.25) is 0 Å². The first-order chi connectivity index (χ1) is 34.6. The summed E-state index contributed by atoms with van der Waals surface area (Å²) in [5.74, 6) is -7.31. The minimum atomic E-state index is -1.24. The number of nitro benzene ring substituents is 4. The first-order valence-electron chi connectivity index (χ1n) is 19.8. The Hall–Kier alpha value is -11.9. The first-order valence-corrected chi connectivity index (χ1v) is 19.8. The van der Waals surface area contributed by atoms with E-state index in [0.717, 1.165) is 60.7 Å². The molecule has 1 aromatic heterocycles. The number of hydrogen-bond donors (Lipinski definition) is 18. The zero-order valence-electron chi connectivity index (χ0n) is 36.7. The van der Waals surface area contributed by atoms with Gasteiger partial charge in [-0.05, 0) is 60.7 Å². The number of carbonyl (C=O) groups is 2. The summed E-state index contributed by atoms with van der Waals surface area (Å²) in [7, 11) is 0. The van der Waals surface area contributed by atoms with E-state index in [1.54, 1.807) is 0 Å². The lowest BCUT2D eigenvalue weighted by Gasteiger charge is -2.21. The molecule has 0 fully saturated rings. The van der Waals surface area contributed by atoms with Crippen LogP contribution in [-0.2, 0) is 0 Å². The van der Waals surface area contributed by atoms with Crippen LogP contribution in [0.4, 0.5) is 22.7 Å². The third-order valence-corrected chi connectivity index (χ3v) is 9.11. The van der Waals surface area contributed by atoms with E-state index in [1.807, 2.05) is 0 Å². The largest absolute Gasteiger partial charge is 0.310 e. The third-order valence-electron chi connectivity index (χ3n) is 9.11. The van der Waals surface area contributed by atoms with Gasteiger partial charge < -0.3 is 21.3 Å². The fourth-order valence-corrected chi connectivity index (χ4v) is 5.61. The monoisotopic (exact) mass is 1000 g/mol. The lowest BCUT2D eigenvalue weighted by Crippen LogP contribution is -2.52. The van der Waals surface area contributed by atoms with Gasteiger partial charge >= 0.3 is 0 Å². The Morgan fingerprint density at radius 2 is 0.685 bits per heavy atom. The summed E-state index contributed by atoms with van der Waals surface area (Å²) in [6.07, 6.45) is 0. The third kappa shape index (κ3) is 14.3. The molecule has 5 aromatic rings. The van der Waals surface area contributed by atoms with Gasteiger partial charge in [0.05, 0.1) is 25.1 Å². The topological polar surface area (TPSA) is 535 Å². The van der Waals surface area contributed by atoms with Gasteiger partial charge in [-0.3, -0.25) is 120 Å². The van der Waals surface area contributed by atoms with Gasteiger partial charge in [0.25, 0.3) is 34.6 Å². The van der Waals surface area contributed by atoms with E-state index >= 15 is 0 Å². The van der Waals surface area contributed by atoms with E-state index in [4.69, 9.17) is 43.3 Å². The van der Waals surface area contributed by atoms with Crippen molar-refractivity contribution < 1.29 is 29.3 Å². The molecular weight excluding hydrogens is 965 g/mol. The molecular formula is C39H36N24O10. The van der Waals surface area contributed by atoms with Crippen LogP contribution in [0.15, 0.2) is 114 Å². The Balaban J connectivity index is 1.48. The molecule has 0 bridgehead atoms. The number of amides is 2. The molecule has 1 heterocycles. The Bertz CT molecular complexity index is 3090. The lowest BCUT2D eigenvalue weighted by molar-refractivity contribution is -0.385. The van der Waals surface area contributed by atoms with Crippen molar-refractivity contribution in [2.45, 2.75) is 0 Å². The average Bonchev–Trinajstić information content (AvgIpc) is 3.36. The van der Waals surface area contributed by atoms with Crippen LogP contribution < -0.4 is 59.2 Å². The molecule has 73 heavy (non-hydrogen) atoms. The maximum absolute atomic E-state index is 14.0. The highest BCUT2D eigenvalue weighted by molar-refractivity contribution is 6.10. The first kappa shape index (κ1) is 52.1. The number of carbonyl (C=O) groups excluding carboxylic acids is 2. The number of amidine groups is 4. The maximum atomic E-state index is 14.0. The fourth-order valence-electron chi connectivity index (χ4n) is 5.61. The highest BCUT2D eigenvalue weighted by Crippen LogP contribution is 2.15. The second kappa shape index (κ2) is 23.2. The molecule has 34 nitrogen and oxygen atoms in total. The zero-order valence-corrected chi connectivity index (χ0v) is 36.7. The molecule has 0 saturated heterocycles. The van der Waals surface area contributed by atoms with Gasteiger partial charge in [-0.15, -0.1) is 0 Å². The average molecular weight is 1000 g/mol. The number of nitrogens with one attached hydrogen (secondary N) is 18. The van der Waals surface area contributed by atoms with Gasteiger partial charge in [0.15, 0.2) is 0 Å². The van der Waals surface area contributed by atoms with Gasteiger partial charge in [-0.2, -0.15) is 5.10 Å². The molecule has 0 atom stereocenters. The number of rotatable bonds is 12. The number of benzene rings is 4. The highest BCUT2D eigenvalue weighted by Gasteiger charge is 2.22. The fraction of sp³-hybridized carbons (Fsp3) is 0. The number of nitro groups is 4.